The molecule has 1 aromatic rings. The van der Waals surface area contributed by atoms with Crippen molar-refractivity contribution in [3.05, 3.63) is 28.8 Å². The molecule has 0 saturated carbocycles. The zero-order valence-electron chi connectivity index (χ0n) is 6.77. The fraction of sp³-hybridized carbons (Fsp3) is 0.444. The Bertz CT molecular complexity index is 215. The van der Waals surface area contributed by atoms with E-state index in [9.17, 15) is 0 Å². The Hall–Kier alpha value is -0.300. The largest absolute Gasteiger partial charge is 0.149 e. The Morgan fingerprint density at radius 3 is 2.20 bits per heavy atom. The van der Waals surface area contributed by atoms with Gasteiger partial charge < -0.3 is 0 Å². The summed E-state index contributed by atoms with van der Waals surface area (Å²) >= 11 is 1.72. The van der Waals surface area contributed by atoms with Gasteiger partial charge in [-0.2, -0.15) is 0 Å². The molecule has 0 aliphatic heterocycles. The second-order valence-electron chi connectivity index (χ2n) is 3.51. The first-order valence-corrected chi connectivity index (χ1v) is 4.30. The molecule has 0 aliphatic rings. The zero-order chi connectivity index (χ0) is 7.78. The van der Waals surface area contributed by atoms with E-state index in [0.29, 0.717) is 0 Å². The summed E-state index contributed by atoms with van der Waals surface area (Å²) in [6.45, 7) is 10.6. The molecule has 1 heterocycles. The molecule has 0 aliphatic carbocycles. The number of thiophene rings is 1. The Balaban J connectivity index is 3.05. The standard InChI is InChI=1S/C9H13S/c1-7-8(5-6-10-7)9(2,3)4/h5-6H,1H2,2-4H3. The van der Waals surface area contributed by atoms with E-state index < -0.39 is 0 Å². The molecule has 1 rings (SSSR count). The van der Waals surface area contributed by atoms with Crippen molar-refractivity contribution < 1.29 is 0 Å². The van der Waals surface area contributed by atoms with Gasteiger partial charge in [-0.1, -0.05) is 20.8 Å². The molecule has 0 fully saturated rings. The lowest BCUT2D eigenvalue weighted by atomic mass is 9.88. The Labute approximate surface area is 66.9 Å². The number of hydrogen-bond donors (Lipinski definition) is 0. The van der Waals surface area contributed by atoms with Gasteiger partial charge >= 0.3 is 0 Å². The van der Waals surface area contributed by atoms with E-state index in [-0.39, 0.29) is 5.41 Å². The second-order valence-corrected chi connectivity index (χ2v) is 4.51. The fourth-order valence-corrected chi connectivity index (χ4v) is 1.88. The summed E-state index contributed by atoms with van der Waals surface area (Å²) < 4.78 is 0. The monoisotopic (exact) mass is 153 g/mol. The highest BCUT2D eigenvalue weighted by Crippen LogP contribution is 2.28. The van der Waals surface area contributed by atoms with Gasteiger partial charge in [0.05, 0.1) is 0 Å². The van der Waals surface area contributed by atoms with Crippen LogP contribution in [-0.4, -0.2) is 0 Å². The molecule has 0 amide bonds. The van der Waals surface area contributed by atoms with Crippen molar-refractivity contribution in [3.63, 3.8) is 0 Å². The summed E-state index contributed by atoms with van der Waals surface area (Å²) in [5.74, 6) is 0. The molecule has 10 heavy (non-hydrogen) atoms. The van der Waals surface area contributed by atoms with Crippen LogP contribution in [0.4, 0.5) is 0 Å². The molecule has 1 aromatic heterocycles. The van der Waals surface area contributed by atoms with E-state index in [0.717, 1.165) is 0 Å². The van der Waals surface area contributed by atoms with Crippen molar-refractivity contribution in [3.8, 4) is 0 Å². The van der Waals surface area contributed by atoms with E-state index >= 15 is 0 Å². The van der Waals surface area contributed by atoms with Crippen molar-refractivity contribution in [1.29, 1.82) is 0 Å². The van der Waals surface area contributed by atoms with Crippen LogP contribution >= 0.6 is 11.3 Å². The summed E-state index contributed by atoms with van der Waals surface area (Å²) in [7, 11) is 0. The van der Waals surface area contributed by atoms with Crippen LogP contribution in [0.2, 0.25) is 0 Å². The summed E-state index contributed by atoms with van der Waals surface area (Å²) in [6.07, 6.45) is 0. The highest BCUT2D eigenvalue weighted by atomic mass is 32.1. The molecule has 0 atom stereocenters. The van der Waals surface area contributed by atoms with Crippen LogP contribution in [0.1, 0.15) is 31.2 Å². The molecule has 0 spiro atoms. The van der Waals surface area contributed by atoms with E-state index in [1.54, 1.807) is 11.3 Å². The SMILES string of the molecule is [CH2]c1sccc1C(C)(C)C. The van der Waals surface area contributed by atoms with Gasteiger partial charge in [0.2, 0.25) is 0 Å². The second kappa shape index (κ2) is 2.39. The molecule has 0 aromatic carbocycles. The van der Waals surface area contributed by atoms with Crippen LogP contribution in [0.15, 0.2) is 11.4 Å². The Morgan fingerprint density at radius 2 is 2.00 bits per heavy atom. The Kier molecular flexibility index (Phi) is 1.86. The molecule has 0 N–H and O–H groups in total. The van der Waals surface area contributed by atoms with Gasteiger partial charge in [-0.15, -0.1) is 11.3 Å². The van der Waals surface area contributed by atoms with Crippen molar-refractivity contribution in [1.82, 2.24) is 0 Å². The highest BCUT2D eigenvalue weighted by molar-refractivity contribution is 7.10. The first kappa shape index (κ1) is 7.80. The first-order chi connectivity index (χ1) is 4.52. The van der Waals surface area contributed by atoms with Gasteiger partial charge in [0.15, 0.2) is 0 Å². The minimum atomic E-state index is 0.261. The van der Waals surface area contributed by atoms with Gasteiger partial charge in [0.1, 0.15) is 0 Å². The van der Waals surface area contributed by atoms with Gasteiger partial charge in [0.25, 0.3) is 0 Å². The third-order valence-electron chi connectivity index (χ3n) is 1.55. The molecule has 0 saturated heterocycles. The number of rotatable bonds is 0. The van der Waals surface area contributed by atoms with Crippen LogP contribution in [0.5, 0.6) is 0 Å². The van der Waals surface area contributed by atoms with E-state index in [1.165, 1.54) is 10.4 Å². The van der Waals surface area contributed by atoms with Crippen LogP contribution < -0.4 is 0 Å². The van der Waals surface area contributed by atoms with E-state index in [2.05, 4.69) is 39.1 Å². The summed E-state index contributed by atoms with van der Waals surface area (Å²) in [5.41, 5.74) is 1.63. The first-order valence-electron chi connectivity index (χ1n) is 3.42. The maximum atomic E-state index is 3.97. The predicted octanol–water partition coefficient (Wildman–Crippen LogP) is 3.23. The molecule has 1 heteroatoms. The lowest BCUT2D eigenvalue weighted by molar-refractivity contribution is 0.591. The van der Waals surface area contributed by atoms with Gasteiger partial charge in [-0.25, -0.2) is 0 Å². The van der Waals surface area contributed by atoms with Crippen LogP contribution in [0.3, 0.4) is 0 Å². The summed E-state index contributed by atoms with van der Waals surface area (Å²) in [4.78, 5) is 1.20. The maximum absolute atomic E-state index is 3.97. The molecular formula is C9H13S. The highest BCUT2D eigenvalue weighted by Gasteiger charge is 2.15. The average molecular weight is 153 g/mol. The topological polar surface area (TPSA) is 0 Å². The minimum Gasteiger partial charge on any atom is -0.149 e. The third kappa shape index (κ3) is 1.40. The fourth-order valence-electron chi connectivity index (χ4n) is 1.01. The average Bonchev–Trinajstić information content (AvgIpc) is 2.11. The zero-order valence-corrected chi connectivity index (χ0v) is 7.59. The van der Waals surface area contributed by atoms with Gasteiger partial charge in [0, 0.05) is 4.88 Å². The molecule has 1 radical (unpaired) electrons. The molecule has 0 bridgehead atoms. The summed E-state index contributed by atoms with van der Waals surface area (Å²) in [6, 6.07) is 2.16. The van der Waals surface area contributed by atoms with E-state index in [1.807, 2.05) is 0 Å². The van der Waals surface area contributed by atoms with Crippen LogP contribution in [0, 0.1) is 6.92 Å². The maximum Gasteiger partial charge on any atom is 0.00861 e. The lowest BCUT2D eigenvalue weighted by Gasteiger charge is -2.17. The van der Waals surface area contributed by atoms with Crippen LogP contribution in [-0.2, 0) is 5.41 Å². The molecule has 0 unspecified atom stereocenters. The van der Waals surface area contributed by atoms with Crippen molar-refractivity contribution in [2.24, 2.45) is 0 Å². The predicted molar refractivity (Wildman–Crippen MR) is 47.5 cm³/mol. The van der Waals surface area contributed by atoms with E-state index in [4.69, 9.17) is 0 Å². The van der Waals surface area contributed by atoms with Crippen molar-refractivity contribution in [2.75, 3.05) is 0 Å². The Morgan fingerprint density at radius 1 is 1.40 bits per heavy atom. The van der Waals surface area contributed by atoms with Crippen molar-refractivity contribution >= 4 is 11.3 Å². The molecular weight excluding hydrogens is 140 g/mol. The number of hydrogen-bond acceptors (Lipinski definition) is 1. The minimum absolute atomic E-state index is 0.261. The van der Waals surface area contributed by atoms with Gasteiger partial charge in [-0.3, -0.25) is 0 Å². The smallest absolute Gasteiger partial charge is 0.00861 e. The molecule has 55 valence electrons. The van der Waals surface area contributed by atoms with Gasteiger partial charge in [-0.05, 0) is 29.3 Å². The normalized spacial score (nSPS) is 12.0. The molecule has 0 nitrogen and oxygen atoms in total. The van der Waals surface area contributed by atoms with Crippen LogP contribution in [0.25, 0.3) is 0 Å². The van der Waals surface area contributed by atoms with Crippen molar-refractivity contribution in [2.45, 2.75) is 26.2 Å². The third-order valence-corrected chi connectivity index (χ3v) is 2.33. The summed E-state index contributed by atoms with van der Waals surface area (Å²) in [5, 5.41) is 2.10. The quantitative estimate of drug-likeness (QED) is 0.537. The lowest BCUT2D eigenvalue weighted by Crippen LogP contribution is -2.10.